The van der Waals surface area contributed by atoms with Crippen LogP contribution in [0, 0.1) is 0 Å². The van der Waals surface area contributed by atoms with Crippen molar-refractivity contribution in [1.82, 2.24) is 4.57 Å². The van der Waals surface area contributed by atoms with Crippen LogP contribution in [0.3, 0.4) is 0 Å². The molecule has 0 fully saturated rings. The molecule has 16 heavy (non-hydrogen) atoms. The molecule has 0 bridgehead atoms. The largest absolute Gasteiger partial charge is 0.477 e. The molecule has 1 aromatic rings. The van der Waals surface area contributed by atoms with Gasteiger partial charge in [0.05, 0.1) is 18.1 Å². The smallest absolute Gasteiger partial charge is 0.352 e. The third-order valence-electron chi connectivity index (χ3n) is 1.94. The van der Waals surface area contributed by atoms with Crippen molar-refractivity contribution in [3.8, 4) is 0 Å². The number of esters is 1. The zero-order valence-electron chi connectivity index (χ0n) is 8.77. The number of rotatable bonds is 5. The molecule has 0 saturated carbocycles. The van der Waals surface area contributed by atoms with Gasteiger partial charge in [0.2, 0.25) is 0 Å². The van der Waals surface area contributed by atoms with E-state index in [1.807, 2.05) is 0 Å². The summed E-state index contributed by atoms with van der Waals surface area (Å²) in [6.45, 7) is 2.28. The average Bonchev–Trinajstić information content (AvgIpc) is 2.57. The van der Waals surface area contributed by atoms with Gasteiger partial charge in [0, 0.05) is 12.7 Å². The van der Waals surface area contributed by atoms with Gasteiger partial charge in [-0.2, -0.15) is 0 Å². The highest BCUT2D eigenvalue weighted by molar-refractivity contribution is 6.30. The molecule has 0 aromatic carbocycles. The molecule has 0 amide bonds. The second kappa shape index (κ2) is 5.55. The Kier molecular flexibility index (Phi) is 4.37. The third-order valence-corrected chi connectivity index (χ3v) is 2.15. The van der Waals surface area contributed by atoms with Crippen LogP contribution in [0.25, 0.3) is 0 Å². The maximum Gasteiger partial charge on any atom is 0.352 e. The first-order valence-electron chi connectivity index (χ1n) is 4.79. The van der Waals surface area contributed by atoms with Crippen molar-refractivity contribution < 1.29 is 19.4 Å². The first-order valence-corrected chi connectivity index (χ1v) is 5.17. The molecule has 1 N–H and O–H groups in total. The lowest BCUT2D eigenvalue weighted by Gasteiger charge is -2.05. The molecule has 0 unspecified atom stereocenters. The van der Waals surface area contributed by atoms with Gasteiger partial charge < -0.3 is 14.4 Å². The van der Waals surface area contributed by atoms with Crippen molar-refractivity contribution in [3.63, 3.8) is 0 Å². The molecule has 0 aliphatic carbocycles. The summed E-state index contributed by atoms with van der Waals surface area (Å²) in [5.41, 5.74) is 0.0642. The topological polar surface area (TPSA) is 68.5 Å². The number of aromatic carboxylic acids is 1. The normalized spacial score (nSPS) is 10.1. The van der Waals surface area contributed by atoms with Crippen LogP contribution in [0.4, 0.5) is 0 Å². The number of aromatic nitrogens is 1. The minimum Gasteiger partial charge on any atom is -0.477 e. The van der Waals surface area contributed by atoms with E-state index in [4.69, 9.17) is 21.4 Å². The van der Waals surface area contributed by atoms with Crippen LogP contribution < -0.4 is 0 Å². The van der Waals surface area contributed by atoms with Crippen molar-refractivity contribution in [3.05, 3.63) is 23.0 Å². The first kappa shape index (κ1) is 12.6. The fraction of sp³-hybridized carbons (Fsp3) is 0.400. The molecule has 5 nitrogen and oxygen atoms in total. The Hall–Kier alpha value is -1.49. The Labute approximate surface area is 97.6 Å². The maximum atomic E-state index is 11.1. The number of aryl methyl sites for hydroxylation is 1. The van der Waals surface area contributed by atoms with Crippen molar-refractivity contribution in [2.45, 2.75) is 19.9 Å². The maximum absolute atomic E-state index is 11.1. The SMILES string of the molecule is CCOC(=O)CCn1cc(Cl)cc1C(=O)O. The fourth-order valence-corrected chi connectivity index (χ4v) is 1.50. The fourth-order valence-electron chi connectivity index (χ4n) is 1.28. The van der Waals surface area contributed by atoms with Gasteiger partial charge in [0.1, 0.15) is 5.69 Å². The lowest BCUT2D eigenvalue weighted by atomic mass is 10.4. The number of hydrogen-bond donors (Lipinski definition) is 1. The summed E-state index contributed by atoms with van der Waals surface area (Å²) in [4.78, 5) is 21.9. The van der Waals surface area contributed by atoms with E-state index in [1.165, 1.54) is 16.8 Å². The number of carbonyl (C=O) groups is 2. The van der Waals surface area contributed by atoms with Crippen LogP contribution >= 0.6 is 11.6 Å². The lowest BCUT2D eigenvalue weighted by Crippen LogP contribution is -2.12. The van der Waals surface area contributed by atoms with Gasteiger partial charge >= 0.3 is 11.9 Å². The summed E-state index contributed by atoms with van der Waals surface area (Å²) in [5, 5.41) is 9.19. The number of halogens is 1. The van der Waals surface area contributed by atoms with Crippen molar-refractivity contribution >= 4 is 23.5 Å². The van der Waals surface area contributed by atoms with E-state index in [0.29, 0.717) is 11.6 Å². The highest BCUT2D eigenvalue weighted by atomic mass is 35.5. The van der Waals surface area contributed by atoms with Crippen LogP contribution in [0.1, 0.15) is 23.8 Å². The van der Waals surface area contributed by atoms with Crippen LogP contribution in [0.2, 0.25) is 5.02 Å². The molecule has 0 atom stereocenters. The lowest BCUT2D eigenvalue weighted by molar-refractivity contribution is -0.143. The molecule has 1 rings (SSSR count). The van der Waals surface area contributed by atoms with Gasteiger partial charge in [-0.1, -0.05) is 11.6 Å². The standard InChI is InChI=1S/C10H12ClNO4/c1-2-16-9(13)3-4-12-6-7(11)5-8(12)10(14)15/h5-6H,2-4H2,1H3,(H,14,15). The average molecular weight is 246 g/mol. The van der Waals surface area contributed by atoms with Gasteiger partial charge in [-0.3, -0.25) is 4.79 Å². The van der Waals surface area contributed by atoms with Crippen LogP contribution in [0.5, 0.6) is 0 Å². The number of carbonyl (C=O) groups excluding carboxylic acids is 1. The molecular weight excluding hydrogens is 234 g/mol. The van der Waals surface area contributed by atoms with Gasteiger partial charge in [-0.25, -0.2) is 4.79 Å². The molecule has 0 aliphatic heterocycles. The number of hydrogen-bond acceptors (Lipinski definition) is 3. The molecular formula is C10H12ClNO4. The van der Waals surface area contributed by atoms with E-state index in [1.54, 1.807) is 6.92 Å². The monoisotopic (exact) mass is 245 g/mol. The number of ether oxygens (including phenoxy) is 1. The Morgan fingerprint density at radius 3 is 2.81 bits per heavy atom. The van der Waals surface area contributed by atoms with Crippen molar-refractivity contribution in [2.75, 3.05) is 6.61 Å². The Morgan fingerprint density at radius 2 is 2.25 bits per heavy atom. The molecule has 1 heterocycles. The predicted octanol–water partition coefficient (Wildman–Crippen LogP) is 1.79. The van der Waals surface area contributed by atoms with Crippen molar-refractivity contribution in [1.29, 1.82) is 0 Å². The Balaban J connectivity index is 2.66. The molecule has 0 saturated heterocycles. The van der Waals surface area contributed by atoms with Gasteiger partial charge in [0.15, 0.2) is 0 Å². The Morgan fingerprint density at radius 1 is 1.56 bits per heavy atom. The summed E-state index contributed by atoms with van der Waals surface area (Å²) in [6.07, 6.45) is 1.60. The molecule has 1 aromatic heterocycles. The number of carboxylic acids is 1. The third kappa shape index (κ3) is 3.27. The minimum atomic E-state index is -1.07. The number of carboxylic acid groups (broad SMARTS) is 1. The summed E-state index contributed by atoms with van der Waals surface area (Å²) in [7, 11) is 0. The van der Waals surface area contributed by atoms with Crippen molar-refractivity contribution in [2.24, 2.45) is 0 Å². The van der Waals surface area contributed by atoms with Gasteiger partial charge in [-0.05, 0) is 13.0 Å². The van der Waals surface area contributed by atoms with Crippen LogP contribution in [-0.4, -0.2) is 28.2 Å². The molecule has 88 valence electrons. The zero-order valence-corrected chi connectivity index (χ0v) is 9.53. The zero-order chi connectivity index (χ0) is 12.1. The summed E-state index contributed by atoms with van der Waals surface area (Å²) >= 11 is 5.69. The highest BCUT2D eigenvalue weighted by Gasteiger charge is 2.12. The second-order valence-electron chi connectivity index (χ2n) is 3.10. The van der Waals surface area contributed by atoms with E-state index in [-0.39, 0.29) is 24.6 Å². The molecule has 0 aliphatic rings. The van der Waals surface area contributed by atoms with Gasteiger partial charge in [-0.15, -0.1) is 0 Å². The molecule has 0 spiro atoms. The van der Waals surface area contributed by atoms with Crippen LogP contribution in [-0.2, 0) is 16.1 Å². The van der Waals surface area contributed by atoms with E-state index in [2.05, 4.69) is 0 Å². The predicted molar refractivity (Wildman–Crippen MR) is 57.7 cm³/mol. The van der Waals surface area contributed by atoms with E-state index in [9.17, 15) is 9.59 Å². The Bertz CT molecular complexity index is 400. The minimum absolute atomic E-state index is 0.0642. The first-order chi connectivity index (χ1) is 7.54. The summed E-state index contributed by atoms with van der Waals surface area (Å²) in [6, 6.07) is 1.34. The number of nitrogens with zero attached hydrogens (tertiary/aromatic N) is 1. The van der Waals surface area contributed by atoms with Gasteiger partial charge in [0.25, 0.3) is 0 Å². The molecule has 6 heteroatoms. The second-order valence-corrected chi connectivity index (χ2v) is 3.53. The summed E-state index contributed by atoms with van der Waals surface area (Å²) in [5.74, 6) is -1.43. The highest BCUT2D eigenvalue weighted by Crippen LogP contribution is 2.14. The molecule has 0 radical (unpaired) electrons. The quantitative estimate of drug-likeness (QED) is 0.803. The summed E-state index contributed by atoms with van der Waals surface area (Å²) < 4.78 is 6.16. The van der Waals surface area contributed by atoms with Crippen LogP contribution in [0.15, 0.2) is 12.3 Å². The van der Waals surface area contributed by atoms with E-state index >= 15 is 0 Å². The van der Waals surface area contributed by atoms with E-state index < -0.39 is 5.97 Å². The van der Waals surface area contributed by atoms with E-state index in [0.717, 1.165) is 0 Å².